The maximum Gasteiger partial charge on any atom is 0.275 e. The van der Waals surface area contributed by atoms with E-state index in [0.717, 1.165) is 45.6 Å². The van der Waals surface area contributed by atoms with E-state index in [1.165, 1.54) is 16.9 Å². The van der Waals surface area contributed by atoms with Crippen molar-refractivity contribution in [1.82, 2.24) is 5.32 Å². The molecule has 0 spiro atoms. The summed E-state index contributed by atoms with van der Waals surface area (Å²) < 4.78 is 5.36. The van der Waals surface area contributed by atoms with E-state index in [0.29, 0.717) is 12.5 Å². The Morgan fingerprint density at radius 1 is 1.29 bits per heavy atom. The average molecular weight is 333 g/mol. The zero-order valence-electron chi connectivity index (χ0n) is 14.5. The molecule has 1 aliphatic carbocycles. The molecule has 24 heavy (non-hydrogen) atoms. The van der Waals surface area contributed by atoms with Gasteiger partial charge in [-0.3, -0.25) is 4.79 Å². The molecule has 5 heteroatoms. The second-order valence-corrected chi connectivity index (χ2v) is 7.39. The molecule has 1 saturated carbocycles. The number of nitrogens with one attached hydrogen (secondary N) is 2. The Hall–Kier alpha value is -1.59. The molecule has 0 bridgehead atoms. The standard InChI is InChI=1S/C19H28N2O3/c1-19(20-18(23)14-21-10-12-24-13-11-21)9-3-2-4-17(19)15-5-7-16(22)8-6-15/h5-8,17,22H,2-4,9-14H2,1H3,(H,20,23)/p+1/t17-,19-/m1/s1. The molecule has 2 aliphatic rings. The Labute approximate surface area is 144 Å². The number of rotatable bonds is 4. The number of benzene rings is 1. The van der Waals surface area contributed by atoms with E-state index < -0.39 is 0 Å². The highest BCUT2D eigenvalue weighted by atomic mass is 16.5. The Balaban J connectivity index is 1.67. The quantitative estimate of drug-likeness (QED) is 0.765. The van der Waals surface area contributed by atoms with Gasteiger partial charge in [0.25, 0.3) is 5.91 Å². The number of aromatic hydroxyl groups is 1. The number of hydrogen-bond acceptors (Lipinski definition) is 3. The fourth-order valence-electron chi connectivity index (χ4n) is 4.15. The van der Waals surface area contributed by atoms with Crippen molar-refractivity contribution in [3.63, 3.8) is 0 Å². The maximum atomic E-state index is 12.6. The van der Waals surface area contributed by atoms with Crippen molar-refractivity contribution in [3.05, 3.63) is 29.8 Å². The molecule has 1 aliphatic heterocycles. The molecule has 2 atom stereocenters. The predicted molar refractivity (Wildman–Crippen MR) is 92.2 cm³/mol. The van der Waals surface area contributed by atoms with Crippen molar-refractivity contribution >= 4 is 5.91 Å². The predicted octanol–water partition coefficient (Wildman–Crippen LogP) is 0.840. The van der Waals surface area contributed by atoms with E-state index in [-0.39, 0.29) is 17.2 Å². The average Bonchev–Trinajstić information content (AvgIpc) is 2.57. The van der Waals surface area contributed by atoms with E-state index in [2.05, 4.69) is 12.2 Å². The molecule has 0 aromatic heterocycles. The number of carbonyl (C=O) groups excluding carboxylic acids is 1. The lowest BCUT2D eigenvalue weighted by atomic mass is 9.70. The van der Waals surface area contributed by atoms with Gasteiger partial charge in [0.05, 0.1) is 13.2 Å². The van der Waals surface area contributed by atoms with E-state index in [9.17, 15) is 9.90 Å². The number of amides is 1. The van der Waals surface area contributed by atoms with Crippen LogP contribution in [0.5, 0.6) is 5.75 Å². The minimum absolute atomic E-state index is 0.139. The summed E-state index contributed by atoms with van der Waals surface area (Å²) in [5.74, 6) is 0.729. The maximum absolute atomic E-state index is 12.6. The van der Waals surface area contributed by atoms with Crippen molar-refractivity contribution in [2.75, 3.05) is 32.8 Å². The number of phenolic OH excluding ortho intramolecular Hbond substituents is 1. The second-order valence-electron chi connectivity index (χ2n) is 7.39. The summed E-state index contributed by atoms with van der Waals surface area (Å²) in [6.45, 7) is 6.01. The fourth-order valence-corrected chi connectivity index (χ4v) is 4.15. The minimum Gasteiger partial charge on any atom is -0.508 e. The third-order valence-electron chi connectivity index (χ3n) is 5.54. The van der Waals surface area contributed by atoms with Crippen LogP contribution >= 0.6 is 0 Å². The van der Waals surface area contributed by atoms with Gasteiger partial charge in [-0.15, -0.1) is 0 Å². The first kappa shape index (κ1) is 17.2. The van der Waals surface area contributed by atoms with Gasteiger partial charge >= 0.3 is 0 Å². The minimum atomic E-state index is -0.210. The smallest absolute Gasteiger partial charge is 0.275 e. The summed E-state index contributed by atoms with van der Waals surface area (Å²) in [5.41, 5.74) is 0.993. The summed E-state index contributed by atoms with van der Waals surface area (Å²) >= 11 is 0. The monoisotopic (exact) mass is 333 g/mol. The summed E-state index contributed by atoms with van der Waals surface area (Å²) in [6.07, 6.45) is 4.41. The Kier molecular flexibility index (Phi) is 5.41. The lowest BCUT2D eigenvalue weighted by Crippen LogP contribution is -3.15. The third-order valence-corrected chi connectivity index (χ3v) is 5.54. The third kappa shape index (κ3) is 4.08. The Morgan fingerprint density at radius 3 is 2.71 bits per heavy atom. The van der Waals surface area contributed by atoms with Gasteiger partial charge in [0.1, 0.15) is 18.8 Å². The molecular formula is C19H29N2O3+. The van der Waals surface area contributed by atoms with Crippen LogP contribution in [0.4, 0.5) is 0 Å². The van der Waals surface area contributed by atoms with Crippen LogP contribution in [-0.2, 0) is 9.53 Å². The first-order valence-corrected chi connectivity index (χ1v) is 9.08. The van der Waals surface area contributed by atoms with Crippen molar-refractivity contribution in [3.8, 4) is 5.75 Å². The van der Waals surface area contributed by atoms with Gasteiger partial charge < -0.3 is 20.1 Å². The van der Waals surface area contributed by atoms with Gasteiger partial charge in [0, 0.05) is 11.5 Å². The van der Waals surface area contributed by atoms with Crippen molar-refractivity contribution in [2.45, 2.75) is 44.1 Å². The summed E-state index contributed by atoms with van der Waals surface area (Å²) in [7, 11) is 0. The molecule has 0 unspecified atom stereocenters. The molecule has 1 aromatic rings. The molecule has 0 radical (unpaired) electrons. The van der Waals surface area contributed by atoms with Gasteiger partial charge in [-0.2, -0.15) is 0 Å². The van der Waals surface area contributed by atoms with Crippen LogP contribution < -0.4 is 10.2 Å². The lowest BCUT2D eigenvalue weighted by Gasteiger charge is -2.42. The Morgan fingerprint density at radius 2 is 2.00 bits per heavy atom. The van der Waals surface area contributed by atoms with Crippen LogP contribution in [0.25, 0.3) is 0 Å². The zero-order chi connectivity index (χ0) is 17.0. The number of carbonyl (C=O) groups is 1. The lowest BCUT2D eigenvalue weighted by molar-refractivity contribution is -0.900. The van der Waals surface area contributed by atoms with Crippen LogP contribution in [0.2, 0.25) is 0 Å². The molecule has 1 saturated heterocycles. The fraction of sp³-hybridized carbons (Fsp3) is 0.632. The van der Waals surface area contributed by atoms with Gasteiger partial charge in [-0.25, -0.2) is 0 Å². The summed E-state index contributed by atoms with van der Waals surface area (Å²) in [4.78, 5) is 13.9. The van der Waals surface area contributed by atoms with Crippen LogP contribution in [0.1, 0.15) is 44.1 Å². The number of ether oxygens (including phenoxy) is 1. The van der Waals surface area contributed by atoms with E-state index in [1.54, 1.807) is 12.1 Å². The van der Waals surface area contributed by atoms with Gasteiger partial charge in [0.2, 0.25) is 0 Å². The summed E-state index contributed by atoms with van der Waals surface area (Å²) in [6, 6.07) is 7.46. The van der Waals surface area contributed by atoms with Gasteiger partial charge in [-0.05, 0) is 37.5 Å². The highest BCUT2D eigenvalue weighted by molar-refractivity contribution is 5.78. The topological polar surface area (TPSA) is 63.0 Å². The first-order valence-electron chi connectivity index (χ1n) is 9.08. The zero-order valence-corrected chi connectivity index (χ0v) is 14.5. The molecule has 1 amide bonds. The number of quaternary nitrogens is 1. The van der Waals surface area contributed by atoms with E-state index >= 15 is 0 Å². The SMILES string of the molecule is C[C@@]1(NC(=O)C[NH+]2CCOCC2)CCCC[C@@H]1c1ccc(O)cc1. The Bertz CT molecular complexity index is 554. The largest absolute Gasteiger partial charge is 0.508 e. The molecule has 2 fully saturated rings. The molecule has 132 valence electrons. The van der Waals surface area contributed by atoms with E-state index in [1.807, 2.05) is 12.1 Å². The van der Waals surface area contributed by atoms with Gasteiger partial charge in [0.15, 0.2) is 6.54 Å². The van der Waals surface area contributed by atoms with Crippen LogP contribution in [0, 0.1) is 0 Å². The number of hydrogen-bond donors (Lipinski definition) is 3. The first-order chi connectivity index (χ1) is 11.6. The molecule has 1 aromatic carbocycles. The number of phenols is 1. The molecular weight excluding hydrogens is 304 g/mol. The van der Waals surface area contributed by atoms with Crippen LogP contribution in [-0.4, -0.2) is 49.4 Å². The van der Waals surface area contributed by atoms with Crippen molar-refractivity contribution < 1.29 is 19.5 Å². The number of morpholine rings is 1. The van der Waals surface area contributed by atoms with Crippen molar-refractivity contribution in [1.29, 1.82) is 0 Å². The molecule has 5 nitrogen and oxygen atoms in total. The van der Waals surface area contributed by atoms with Gasteiger partial charge in [-0.1, -0.05) is 25.0 Å². The molecule has 3 N–H and O–H groups in total. The molecule has 3 rings (SSSR count). The molecule has 1 heterocycles. The van der Waals surface area contributed by atoms with Crippen molar-refractivity contribution in [2.24, 2.45) is 0 Å². The highest BCUT2D eigenvalue weighted by Crippen LogP contribution is 2.41. The highest BCUT2D eigenvalue weighted by Gasteiger charge is 2.39. The second kappa shape index (κ2) is 7.53. The van der Waals surface area contributed by atoms with Crippen LogP contribution in [0.15, 0.2) is 24.3 Å². The summed E-state index contributed by atoms with van der Waals surface area (Å²) in [5, 5.41) is 12.9. The normalized spacial score (nSPS) is 28.5. The van der Waals surface area contributed by atoms with Crippen LogP contribution in [0.3, 0.4) is 0 Å². The van der Waals surface area contributed by atoms with E-state index in [4.69, 9.17) is 4.74 Å².